The van der Waals surface area contributed by atoms with Crippen LogP contribution in [0.5, 0.6) is 0 Å². The Morgan fingerprint density at radius 3 is 2.61 bits per heavy atom. The second-order valence-corrected chi connectivity index (χ2v) is 8.12. The van der Waals surface area contributed by atoms with Gasteiger partial charge in [-0.15, -0.1) is 0 Å². The second-order valence-electron chi connectivity index (χ2n) is 7.69. The third-order valence-corrected chi connectivity index (χ3v) is 5.03. The third-order valence-electron chi connectivity index (χ3n) is 4.84. The maximum Gasteiger partial charge on any atom is 0.253 e. The summed E-state index contributed by atoms with van der Waals surface area (Å²) in [4.78, 5) is 36.7. The molecule has 164 valence electrons. The summed E-state index contributed by atoms with van der Waals surface area (Å²) in [6.45, 7) is 2.38. The number of hydrogen-bond acceptors (Lipinski definition) is 6. The number of nitrogens with zero attached hydrogens (tertiary/aromatic N) is 4. The molecule has 2 aromatic rings. The molecular formula is C22H27ClN6O2. The Kier molecular flexibility index (Phi) is 7.97. The third kappa shape index (κ3) is 7.04. The zero-order valence-corrected chi connectivity index (χ0v) is 18.5. The van der Waals surface area contributed by atoms with Gasteiger partial charge >= 0.3 is 0 Å². The molecule has 2 heterocycles. The zero-order valence-electron chi connectivity index (χ0n) is 17.7. The lowest BCUT2D eigenvalue weighted by Gasteiger charge is -2.17. The number of likely N-dealkylation sites (tertiary alicyclic amines) is 1. The Labute approximate surface area is 187 Å². The van der Waals surface area contributed by atoms with E-state index in [1.807, 2.05) is 42.1 Å². The van der Waals surface area contributed by atoms with Crippen LogP contribution in [0.4, 0.5) is 5.95 Å². The number of benzene rings is 1. The summed E-state index contributed by atoms with van der Waals surface area (Å²) in [5.41, 5.74) is 1.57. The van der Waals surface area contributed by atoms with Gasteiger partial charge in [0.1, 0.15) is 0 Å². The van der Waals surface area contributed by atoms with Crippen LogP contribution in [-0.4, -0.2) is 71.4 Å². The minimum Gasteiger partial charge on any atom is -0.350 e. The van der Waals surface area contributed by atoms with E-state index in [0.717, 1.165) is 12.0 Å². The standard InChI is InChI=1S/C22H27ClN6O2/c1-28(2)10-3-4-20(30)24-12-16-5-7-17(8-6-16)21(31)29-11-9-19(15-29)27-22-25-13-18(23)14-26-22/h3-8,13-14,19H,9-12,15H2,1-2H3,(H,24,30)(H,25,26,27)/b4-3+/t19-/m1/s1. The van der Waals surface area contributed by atoms with E-state index in [9.17, 15) is 9.59 Å². The molecule has 31 heavy (non-hydrogen) atoms. The highest BCUT2D eigenvalue weighted by atomic mass is 35.5. The van der Waals surface area contributed by atoms with E-state index in [4.69, 9.17) is 11.6 Å². The average Bonchev–Trinajstić information content (AvgIpc) is 3.22. The van der Waals surface area contributed by atoms with E-state index >= 15 is 0 Å². The van der Waals surface area contributed by atoms with Crippen molar-refractivity contribution in [1.29, 1.82) is 0 Å². The number of hydrogen-bond donors (Lipinski definition) is 2. The molecule has 1 aliphatic heterocycles. The topological polar surface area (TPSA) is 90.5 Å². The van der Waals surface area contributed by atoms with Crippen molar-refractivity contribution in [3.8, 4) is 0 Å². The van der Waals surface area contributed by atoms with E-state index < -0.39 is 0 Å². The fourth-order valence-corrected chi connectivity index (χ4v) is 3.30. The van der Waals surface area contributed by atoms with E-state index in [1.165, 1.54) is 6.08 Å². The first kappa shape index (κ1) is 22.7. The van der Waals surface area contributed by atoms with E-state index in [-0.39, 0.29) is 17.9 Å². The van der Waals surface area contributed by atoms with Crippen LogP contribution in [-0.2, 0) is 11.3 Å². The number of anilines is 1. The fourth-order valence-electron chi connectivity index (χ4n) is 3.20. The predicted molar refractivity (Wildman–Crippen MR) is 121 cm³/mol. The van der Waals surface area contributed by atoms with Crippen LogP contribution in [0.3, 0.4) is 0 Å². The molecule has 1 fully saturated rings. The molecular weight excluding hydrogens is 416 g/mol. The Hall–Kier alpha value is -2.97. The molecule has 9 heteroatoms. The number of nitrogens with one attached hydrogen (secondary N) is 2. The van der Waals surface area contributed by atoms with Crippen molar-refractivity contribution in [2.75, 3.05) is 39.0 Å². The minimum absolute atomic E-state index is 0.0106. The molecule has 0 unspecified atom stereocenters. The van der Waals surface area contributed by atoms with Gasteiger partial charge in [-0.1, -0.05) is 29.8 Å². The molecule has 0 bridgehead atoms. The minimum atomic E-state index is -0.137. The quantitative estimate of drug-likeness (QED) is 0.609. The first-order chi connectivity index (χ1) is 14.9. The molecule has 3 rings (SSSR count). The van der Waals surface area contributed by atoms with Gasteiger partial charge in [-0.05, 0) is 38.2 Å². The van der Waals surface area contributed by atoms with Crippen LogP contribution in [0, 0.1) is 0 Å². The lowest BCUT2D eigenvalue weighted by Crippen LogP contribution is -2.31. The van der Waals surface area contributed by atoms with Crippen molar-refractivity contribution in [2.45, 2.75) is 19.0 Å². The summed E-state index contributed by atoms with van der Waals surface area (Å²) in [5.74, 6) is 0.359. The number of rotatable bonds is 8. The lowest BCUT2D eigenvalue weighted by atomic mass is 10.1. The summed E-state index contributed by atoms with van der Waals surface area (Å²) in [6, 6.07) is 7.43. The molecule has 1 atom stereocenters. The van der Waals surface area contributed by atoms with Crippen LogP contribution < -0.4 is 10.6 Å². The monoisotopic (exact) mass is 442 g/mol. The summed E-state index contributed by atoms with van der Waals surface area (Å²) in [7, 11) is 3.88. The van der Waals surface area contributed by atoms with Crippen molar-refractivity contribution in [3.63, 3.8) is 0 Å². The van der Waals surface area contributed by atoms with Gasteiger partial charge in [0.25, 0.3) is 5.91 Å². The fraction of sp³-hybridized carbons (Fsp3) is 0.364. The highest BCUT2D eigenvalue weighted by molar-refractivity contribution is 6.30. The van der Waals surface area contributed by atoms with Crippen molar-refractivity contribution >= 4 is 29.4 Å². The van der Waals surface area contributed by atoms with Gasteiger partial charge in [-0.25, -0.2) is 9.97 Å². The molecule has 1 saturated heterocycles. The largest absolute Gasteiger partial charge is 0.350 e. The molecule has 8 nitrogen and oxygen atoms in total. The van der Waals surface area contributed by atoms with Crippen LogP contribution in [0.25, 0.3) is 0 Å². The first-order valence-corrected chi connectivity index (χ1v) is 10.5. The summed E-state index contributed by atoms with van der Waals surface area (Å²) < 4.78 is 0. The highest BCUT2D eigenvalue weighted by Crippen LogP contribution is 2.17. The lowest BCUT2D eigenvalue weighted by molar-refractivity contribution is -0.116. The van der Waals surface area contributed by atoms with Gasteiger partial charge in [0.15, 0.2) is 0 Å². The Morgan fingerprint density at radius 1 is 1.23 bits per heavy atom. The predicted octanol–water partition coefficient (Wildman–Crippen LogP) is 2.19. The second kappa shape index (κ2) is 10.9. The van der Waals surface area contributed by atoms with Crippen LogP contribution in [0.2, 0.25) is 5.02 Å². The van der Waals surface area contributed by atoms with E-state index in [0.29, 0.717) is 42.7 Å². The van der Waals surface area contributed by atoms with Gasteiger partial charge in [0.2, 0.25) is 11.9 Å². The summed E-state index contributed by atoms with van der Waals surface area (Å²) in [5, 5.41) is 6.56. The SMILES string of the molecule is CN(C)C/C=C/C(=O)NCc1ccc(C(=O)N2CC[C@@H](Nc3ncc(Cl)cn3)C2)cc1. The van der Waals surface area contributed by atoms with E-state index in [1.54, 1.807) is 24.5 Å². The van der Waals surface area contributed by atoms with Gasteiger partial charge in [-0.2, -0.15) is 0 Å². The maximum atomic E-state index is 12.8. The van der Waals surface area contributed by atoms with Crippen molar-refractivity contribution in [3.05, 3.63) is 65.0 Å². The molecule has 0 radical (unpaired) electrons. The smallest absolute Gasteiger partial charge is 0.253 e. The number of aromatic nitrogens is 2. The molecule has 0 aliphatic carbocycles. The molecule has 1 aliphatic rings. The Morgan fingerprint density at radius 2 is 1.94 bits per heavy atom. The van der Waals surface area contributed by atoms with Crippen molar-refractivity contribution in [1.82, 2.24) is 25.1 Å². The molecule has 1 aromatic carbocycles. The summed E-state index contributed by atoms with van der Waals surface area (Å²) >= 11 is 5.81. The van der Waals surface area contributed by atoms with Crippen LogP contribution in [0.1, 0.15) is 22.3 Å². The molecule has 2 amide bonds. The average molecular weight is 443 g/mol. The summed E-state index contributed by atoms with van der Waals surface area (Å²) in [6.07, 6.45) is 7.25. The zero-order chi connectivity index (χ0) is 22.2. The van der Waals surface area contributed by atoms with Gasteiger partial charge in [-0.3, -0.25) is 9.59 Å². The molecule has 2 N–H and O–H groups in total. The van der Waals surface area contributed by atoms with Gasteiger partial charge in [0, 0.05) is 43.9 Å². The highest BCUT2D eigenvalue weighted by Gasteiger charge is 2.27. The first-order valence-electron chi connectivity index (χ1n) is 10.1. The maximum absolute atomic E-state index is 12.8. The number of carbonyl (C=O) groups is 2. The van der Waals surface area contributed by atoms with Crippen molar-refractivity contribution in [2.24, 2.45) is 0 Å². The van der Waals surface area contributed by atoms with Crippen LogP contribution >= 0.6 is 11.6 Å². The number of likely N-dealkylation sites (N-methyl/N-ethyl adjacent to an activating group) is 1. The molecule has 0 spiro atoms. The van der Waals surface area contributed by atoms with Gasteiger partial charge in [0.05, 0.1) is 17.4 Å². The van der Waals surface area contributed by atoms with Crippen molar-refractivity contribution < 1.29 is 9.59 Å². The Bertz CT molecular complexity index is 915. The van der Waals surface area contributed by atoms with E-state index in [2.05, 4.69) is 20.6 Å². The number of amides is 2. The Balaban J connectivity index is 1.47. The van der Waals surface area contributed by atoms with Gasteiger partial charge < -0.3 is 20.4 Å². The normalized spacial score (nSPS) is 16.1. The van der Waals surface area contributed by atoms with Crippen LogP contribution in [0.15, 0.2) is 48.8 Å². The molecule has 1 aromatic heterocycles. The molecule has 0 saturated carbocycles. The number of halogens is 1. The number of carbonyl (C=O) groups excluding carboxylic acids is 2.